The summed E-state index contributed by atoms with van der Waals surface area (Å²) in [6, 6.07) is 64.9. The summed E-state index contributed by atoms with van der Waals surface area (Å²) in [5.41, 5.74) is 11.3. The quantitative estimate of drug-likeness (QED) is 0.0905. The van der Waals surface area contributed by atoms with Gasteiger partial charge in [-0.1, -0.05) is 109 Å². The molecule has 0 unspecified atom stereocenters. The number of aryl methyl sites for hydroxylation is 1. The second-order valence-electron chi connectivity index (χ2n) is 15.6. The molecule has 1 heterocycles. The molecule has 0 saturated carbocycles. The summed E-state index contributed by atoms with van der Waals surface area (Å²) < 4.78 is 8.03. The van der Waals surface area contributed by atoms with Gasteiger partial charge in [-0.3, -0.25) is 0 Å². The van der Waals surface area contributed by atoms with Crippen molar-refractivity contribution in [2.24, 2.45) is 0 Å². The van der Waals surface area contributed by atoms with Gasteiger partial charge >= 0.3 is 208 Å². The standard InChI is InChI=1S/C56H37ClINO/c1-3-58-57-37-25-28-51-52(30-37)60-56(59-51)50-32-47(42-23-11-17-35-14-5-8-20-39(35)42)48-29-33(2)53-49(43-24-12-18-36-15-6-9-21-40(36)43)31-46(44-26-27-45(50)54(48)55(44)53)41-22-10-16-34-13-4-7-19-38(34)41/h4-32H,3H2,1-2H3. The van der Waals surface area contributed by atoms with Crippen molar-refractivity contribution in [2.75, 3.05) is 4.43 Å². The van der Waals surface area contributed by atoms with E-state index in [0.717, 1.165) is 22.0 Å². The Morgan fingerprint density at radius 2 is 0.983 bits per heavy atom. The zero-order valence-electron chi connectivity index (χ0n) is 33.1. The van der Waals surface area contributed by atoms with Crippen molar-refractivity contribution < 1.29 is 32.6 Å². The number of alkyl halides is 1. The first-order valence-electron chi connectivity index (χ1n) is 20.5. The molecule has 12 rings (SSSR count). The van der Waals surface area contributed by atoms with Crippen LogP contribution in [0.5, 0.6) is 0 Å². The van der Waals surface area contributed by atoms with Gasteiger partial charge in [0.1, 0.15) is 0 Å². The predicted octanol–water partition coefficient (Wildman–Crippen LogP) is 12.7. The summed E-state index contributed by atoms with van der Waals surface area (Å²) in [6.45, 7) is 4.56. The van der Waals surface area contributed by atoms with Crippen molar-refractivity contribution in [2.45, 2.75) is 13.8 Å². The SMILES string of the molecule is CC[I-][Cl+]c1ccc2nc(-c3cc(-c4cccc5ccccc45)c4cc(C)c5c(-c6cccc7ccccc67)cc(-c6cccc7ccccc67)c6ccc3c4c65)oc2c1. The van der Waals surface area contributed by atoms with Crippen LogP contribution in [0.4, 0.5) is 0 Å². The Bertz CT molecular complexity index is 3660. The van der Waals surface area contributed by atoms with Crippen molar-refractivity contribution in [1.29, 1.82) is 0 Å². The number of rotatable bonds is 7. The van der Waals surface area contributed by atoms with E-state index in [1.165, 1.54) is 108 Å². The number of fused-ring (bicyclic) bond motifs is 4. The third-order valence-corrected chi connectivity index (χ3v) is 17.0. The fourth-order valence-electron chi connectivity index (χ4n) is 9.69. The van der Waals surface area contributed by atoms with Crippen LogP contribution in [-0.4, -0.2) is 9.41 Å². The fourth-order valence-corrected chi connectivity index (χ4v) is 12.8. The summed E-state index contributed by atoms with van der Waals surface area (Å²) in [5, 5.41) is 16.0. The van der Waals surface area contributed by atoms with Crippen LogP contribution in [0.25, 0.3) is 121 Å². The van der Waals surface area contributed by atoms with Crippen molar-refractivity contribution in [3.05, 3.63) is 187 Å². The van der Waals surface area contributed by atoms with Crippen LogP contribution < -0.4 is 20.1 Å². The van der Waals surface area contributed by atoms with Crippen LogP contribution in [0.2, 0.25) is 5.02 Å². The maximum absolute atomic E-state index is 6.83. The van der Waals surface area contributed by atoms with Gasteiger partial charge < -0.3 is 0 Å². The van der Waals surface area contributed by atoms with Gasteiger partial charge in [-0.25, -0.2) is 0 Å². The van der Waals surface area contributed by atoms with E-state index in [9.17, 15) is 0 Å². The average molecular weight is 902 g/mol. The van der Waals surface area contributed by atoms with Gasteiger partial charge in [0.2, 0.25) is 0 Å². The van der Waals surface area contributed by atoms with Gasteiger partial charge in [0.25, 0.3) is 0 Å². The monoisotopic (exact) mass is 901 g/mol. The Morgan fingerprint density at radius 1 is 0.450 bits per heavy atom. The second-order valence-corrected chi connectivity index (χ2v) is 20.9. The third kappa shape index (κ3) is 5.56. The molecule has 2 nitrogen and oxygen atoms in total. The molecule has 60 heavy (non-hydrogen) atoms. The summed E-state index contributed by atoms with van der Waals surface area (Å²) in [5.74, 6) is 0.644. The number of hydrogen-bond donors (Lipinski definition) is 0. The molecule has 0 aliphatic carbocycles. The van der Waals surface area contributed by atoms with Gasteiger partial charge in [-0.05, 0) is 45.7 Å². The Morgan fingerprint density at radius 3 is 1.60 bits per heavy atom. The second kappa shape index (κ2) is 14.2. The van der Waals surface area contributed by atoms with E-state index in [0.29, 0.717) is 5.89 Å². The van der Waals surface area contributed by atoms with Crippen LogP contribution in [-0.2, 0) is 0 Å². The van der Waals surface area contributed by atoms with E-state index in [1.807, 2.05) is 0 Å². The zero-order chi connectivity index (χ0) is 39.9. The first kappa shape index (κ1) is 35.7. The molecule has 0 amide bonds. The number of benzene rings is 11. The summed E-state index contributed by atoms with van der Waals surface area (Å²) >= 11 is -0.00365. The molecular weight excluding hydrogens is 865 g/mol. The zero-order valence-corrected chi connectivity index (χ0v) is 36.0. The van der Waals surface area contributed by atoms with Gasteiger partial charge in [0.05, 0.1) is 0 Å². The Kier molecular flexibility index (Phi) is 8.43. The number of halogens is 2. The van der Waals surface area contributed by atoms with Crippen molar-refractivity contribution in [3.63, 3.8) is 0 Å². The maximum atomic E-state index is 6.83. The molecule has 0 N–H and O–H groups in total. The number of hydrogen-bond acceptors (Lipinski definition) is 2. The molecule has 0 saturated heterocycles. The van der Waals surface area contributed by atoms with Crippen LogP contribution in [0, 0.1) is 15.0 Å². The first-order chi connectivity index (χ1) is 29.6. The molecule has 286 valence electrons. The summed E-state index contributed by atoms with van der Waals surface area (Å²) in [4.78, 5) is 5.23. The average Bonchev–Trinajstić information content (AvgIpc) is 3.73. The normalized spacial score (nSPS) is 12.1. The van der Waals surface area contributed by atoms with Crippen LogP contribution >= 0.6 is 0 Å². The first-order valence-corrected chi connectivity index (χ1v) is 25.1. The molecule has 12 aromatic rings. The number of aromatic nitrogens is 1. The van der Waals surface area contributed by atoms with E-state index < -0.39 is 0 Å². The molecule has 11 aromatic carbocycles. The molecule has 0 aliphatic rings. The molecule has 0 fully saturated rings. The Labute approximate surface area is 360 Å². The molecule has 0 spiro atoms. The third-order valence-electron chi connectivity index (χ3n) is 12.3. The van der Waals surface area contributed by atoms with Crippen molar-refractivity contribution in [3.8, 4) is 44.8 Å². The molecule has 1 aromatic heterocycles. The molecule has 0 bridgehead atoms. The van der Waals surface area contributed by atoms with E-state index in [1.54, 1.807) is 0 Å². The van der Waals surface area contributed by atoms with Crippen molar-refractivity contribution in [1.82, 2.24) is 4.98 Å². The molecule has 0 aliphatic heterocycles. The van der Waals surface area contributed by atoms with Gasteiger partial charge in [-0.15, -0.1) is 0 Å². The van der Waals surface area contributed by atoms with E-state index in [2.05, 4.69) is 198 Å². The van der Waals surface area contributed by atoms with Gasteiger partial charge in [0.15, 0.2) is 0 Å². The molecule has 0 radical (unpaired) electrons. The van der Waals surface area contributed by atoms with E-state index in [4.69, 9.17) is 9.40 Å². The minimum absolute atomic E-state index is 0.00365. The van der Waals surface area contributed by atoms with Crippen LogP contribution in [0.1, 0.15) is 12.5 Å². The van der Waals surface area contributed by atoms with Gasteiger partial charge in [-0.2, -0.15) is 0 Å². The van der Waals surface area contributed by atoms with E-state index >= 15 is 0 Å². The predicted molar refractivity (Wildman–Crippen MR) is 246 cm³/mol. The van der Waals surface area contributed by atoms with Crippen LogP contribution in [0.3, 0.4) is 0 Å². The Hall–Kier alpha value is -6.27. The molecular formula is C56H37ClINO. The van der Waals surface area contributed by atoms with Crippen LogP contribution in [0.15, 0.2) is 180 Å². The topological polar surface area (TPSA) is 26.0 Å². The molecule has 0 atom stereocenters. The van der Waals surface area contributed by atoms with E-state index in [-0.39, 0.29) is 20.1 Å². The Balaban J connectivity index is 1.27. The number of nitrogens with zero attached hydrogens (tertiary/aromatic N) is 1. The summed E-state index contributed by atoms with van der Waals surface area (Å²) in [7, 11) is 2.53. The van der Waals surface area contributed by atoms with Gasteiger partial charge in [0, 0.05) is 0 Å². The fraction of sp³-hybridized carbons (Fsp3) is 0.0536. The summed E-state index contributed by atoms with van der Waals surface area (Å²) in [6.07, 6.45) is 0. The van der Waals surface area contributed by atoms with Crippen molar-refractivity contribution >= 4 is 75.7 Å². The minimum atomic E-state index is -0.00365. The molecule has 4 heteroatoms. The number of oxazole rings is 1.